The van der Waals surface area contributed by atoms with Crippen LogP contribution in [0.25, 0.3) is 0 Å². The molecule has 2 aromatic rings. The highest BCUT2D eigenvalue weighted by Crippen LogP contribution is 2.15. The Bertz CT molecular complexity index is 649. The molecule has 3 rings (SSSR count). The Morgan fingerprint density at radius 1 is 1.00 bits per heavy atom. The zero-order chi connectivity index (χ0) is 16.1. The number of nitrogens with zero attached hydrogens (tertiary/aromatic N) is 2. The van der Waals surface area contributed by atoms with Gasteiger partial charge < -0.3 is 10.2 Å². The lowest BCUT2D eigenvalue weighted by Gasteiger charge is -2.35. The predicted octanol–water partition coefficient (Wildman–Crippen LogP) is 2.76. The normalized spacial score (nSPS) is 15.4. The van der Waals surface area contributed by atoms with Gasteiger partial charge in [-0.1, -0.05) is 30.3 Å². The Balaban J connectivity index is 1.48. The van der Waals surface area contributed by atoms with Gasteiger partial charge in [0.1, 0.15) is 0 Å². The van der Waals surface area contributed by atoms with Gasteiger partial charge in [0.15, 0.2) is 0 Å². The van der Waals surface area contributed by atoms with Crippen molar-refractivity contribution < 1.29 is 4.79 Å². The predicted molar refractivity (Wildman–Crippen MR) is 94.9 cm³/mol. The quantitative estimate of drug-likeness (QED) is 0.943. The van der Waals surface area contributed by atoms with E-state index in [1.165, 1.54) is 5.69 Å². The molecule has 2 aromatic carbocycles. The molecule has 0 unspecified atom stereocenters. The van der Waals surface area contributed by atoms with E-state index >= 15 is 0 Å². The minimum absolute atomic E-state index is 0.0590. The maximum Gasteiger partial charge on any atom is 0.238 e. The van der Waals surface area contributed by atoms with Gasteiger partial charge in [0.25, 0.3) is 0 Å². The topological polar surface area (TPSA) is 35.6 Å². The molecule has 1 aliphatic heterocycles. The van der Waals surface area contributed by atoms with Crippen molar-refractivity contribution in [2.45, 2.75) is 6.92 Å². The second-order valence-corrected chi connectivity index (χ2v) is 6.02. The highest BCUT2D eigenvalue weighted by atomic mass is 16.2. The molecule has 1 aliphatic rings. The van der Waals surface area contributed by atoms with Crippen LogP contribution in [0, 0.1) is 6.92 Å². The number of carbonyl (C=O) groups excluding carboxylic acids is 1. The second kappa shape index (κ2) is 7.29. The largest absolute Gasteiger partial charge is 0.369 e. The zero-order valence-corrected chi connectivity index (χ0v) is 13.5. The van der Waals surface area contributed by atoms with Gasteiger partial charge in [0.05, 0.1) is 6.54 Å². The fourth-order valence-electron chi connectivity index (χ4n) is 2.93. The monoisotopic (exact) mass is 309 g/mol. The standard InChI is InChI=1S/C19H23N3O/c1-16-6-5-7-17(14-16)20-19(23)15-21-10-12-22(13-11-21)18-8-3-2-4-9-18/h2-9,14H,10-13,15H2,1H3,(H,20,23). The number of nitrogens with one attached hydrogen (secondary N) is 1. The number of aryl methyl sites for hydroxylation is 1. The minimum Gasteiger partial charge on any atom is -0.369 e. The van der Waals surface area contributed by atoms with Crippen molar-refractivity contribution in [1.29, 1.82) is 0 Å². The number of carbonyl (C=O) groups is 1. The van der Waals surface area contributed by atoms with Crippen molar-refractivity contribution in [3.63, 3.8) is 0 Å². The summed E-state index contributed by atoms with van der Waals surface area (Å²) in [5.74, 6) is 0.0590. The molecule has 4 heteroatoms. The summed E-state index contributed by atoms with van der Waals surface area (Å²) in [6, 6.07) is 18.4. The maximum absolute atomic E-state index is 12.2. The first-order valence-corrected chi connectivity index (χ1v) is 8.09. The molecule has 1 fully saturated rings. The number of anilines is 2. The molecule has 1 saturated heterocycles. The van der Waals surface area contributed by atoms with Crippen LogP contribution in [0.1, 0.15) is 5.56 Å². The summed E-state index contributed by atoms with van der Waals surface area (Å²) in [5.41, 5.74) is 3.29. The maximum atomic E-state index is 12.2. The molecule has 0 radical (unpaired) electrons. The van der Waals surface area contributed by atoms with Gasteiger partial charge in [-0.3, -0.25) is 9.69 Å². The lowest BCUT2D eigenvalue weighted by atomic mass is 10.2. The van der Waals surface area contributed by atoms with Crippen LogP contribution in [0.2, 0.25) is 0 Å². The van der Waals surface area contributed by atoms with Gasteiger partial charge in [0, 0.05) is 37.6 Å². The van der Waals surface area contributed by atoms with Crippen LogP contribution in [0.4, 0.5) is 11.4 Å². The third-order valence-corrected chi connectivity index (χ3v) is 4.16. The van der Waals surface area contributed by atoms with Crippen molar-refractivity contribution in [2.24, 2.45) is 0 Å². The molecule has 0 aliphatic carbocycles. The highest BCUT2D eigenvalue weighted by Gasteiger charge is 2.19. The van der Waals surface area contributed by atoms with E-state index < -0.39 is 0 Å². The number of rotatable bonds is 4. The van der Waals surface area contributed by atoms with Gasteiger partial charge in [-0.15, -0.1) is 0 Å². The molecule has 0 aromatic heterocycles. The molecule has 0 atom stereocenters. The SMILES string of the molecule is Cc1cccc(NC(=O)CN2CCN(c3ccccc3)CC2)c1. The van der Waals surface area contributed by atoms with Crippen LogP contribution in [0.15, 0.2) is 54.6 Å². The van der Waals surface area contributed by atoms with E-state index in [-0.39, 0.29) is 5.91 Å². The average molecular weight is 309 g/mol. The van der Waals surface area contributed by atoms with Crippen LogP contribution >= 0.6 is 0 Å². The number of amides is 1. The van der Waals surface area contributed by atoms with Crippen molar-refractivity contribution in [2.75, 3.05) is 42.9 Å². The Hall–Kier alpha value is -2.33. The molecular weight excluding hydrogens is 286 g/mol. The molecule has 120 valence electrons. The van der Waals surface area contributed by atoms with Crippen LogP contribution in [-0.2, 0) is 4.79 Å². The fourth-order valence-corrected chi connectivity index (χ4v) is 2.93. The molecule has 4 nitrogen and oxygen atoms in total. The third-order valence-electron chi connectivity index (χ3n) is 4.16. The van der Waals surface area contributed by atoms with Crippen molar-refractivity contribution >= 4 is 17.3 Å². The summed E-state index contributed by atoms with van der Waals surface area (Å²) >= 11 is 0. The van der Waals surface area contributed by atoms with Crippen molar-refractivity contribution in [3.05, 3.63) is 60.2 Å². The van der Waals surface area contributed by atoms with Crippen LogP contribution in [0.5, 0.6) is 0 Å². The summed E-state index contributed by atoms with van der Waals surface area (Å²) in [7, 11) is 0. The second-order valence-electron chi connectivity index (χ2n) is 6.02. The summed E-state index contributed by atoms with van der Waals surface area (Å²) in [5, 5.41) is 2.98. The molecule has 0 bridgehead atoms. The van der Waals surface area contributed by atoms with E-state index in [9.17, 15) is 4.79 Å². The fraction of sp³-hybridized carbons (Fsp3) is 0.316. The zero-order valence-electron chi connectivity index (χ0n) is 13.5. The van der Waals surface area contributed by atoms with Gasteiger partial charge in [-0.05, 0) is 36.8 Å². The lowest BCUT2D eigenvalue weighted by molar-refractivity contribution is -0.117. The third kappa shape index (κ3) is 4.33. The molecule has 0 spiro atoms. The van der Waals surface area contributed by atoms with E-state index in [4.69, 9.17) is 0 Å². The van der Waals surface area contributed by atoms with Gasteiger partial charge in [-0.25, -0.2) is 0 Å². The van der Waals surface area contributed by atoms with Crippen LogP contribution in [0.3, 0.4) is 0 Å². The Morgan fingerprint density at radius 2 is 1.74 bits per heavy atom. The van der Waals surface area contributed by atoms with Gasteiger partial charge in [0.2, 0.25) is 5.91 Å². The Kier molecular flexibility index (Phi) is 4.93. The van der Waals surface area contributed by atoms with Gasteiger partial charge in [-0.2, -0.15) is 0 Å². The summed E-state index contributed by atoms with van der Waals surface area (Å²) in [6.45, 7) is 6.23. The number of benzene rings is 2. The lowest BCUT2D eigenvalue weighted by Crippen LogP contribution is -2.48. The minimum atomic E-state index is 0.0590. The van der Waals surface area contributed by atoms with E-state index in [0.717, 1.165) is 37.4 Å². The first-order valence-electron chi connectivity index (χ1n) is 8.09. The van der Waals surface area contributed by atoms with Crippen molar-refractivity contribution in [3.8, 4) is 0 Å². The molecule has 1 amide bonds. The number of para-hydroxylation sites is 1. The first kappa shape index (κ1) is 15.6. The van der Waals surface area contributed by atoms with E-state index in [2.05, 4.69) is 39.4 Å². The van der Waals surface area contributed by atoms with E-state index in [1.54, 1.807) is 0 Å². The summed E-state index contributed by atoms with van der Waals surface area (Å²) in [6.07, 6.45) is 0. The molecule has 1 heterocycles. The average Bonchev–Trinajstić information content (AvgIpc) is 2.56. The number of piperazine rings is 1. The van der Waals surface area contributed by atoms with Crippen molar-refractivity contribution in [1.82, 2.24) is 4.90 Å². The van der Waals surface area contributed by atoms with Gasteiger partial charge >= 0.3 is 0 Å². The summed E-state index contributed by atoms with van der Waals surface area (Å²) in [4.78, 5) is 16.8. The Morgan fingerprint density at radius 3 is 2.43 bits per heavy atom. The van der Waals surface area contributed by atoms with Crippen LogP contribution < -0.4 is 10.2 Å². The summed E-state index contributed by atoms with van der Waals surface area (Å²) < 4.78 is 0. The van der Waals surface area contributed by atoms with Crippen LogP contribution in [-0.4, -0.2) is 43.5 Å². The molecule has 0 saturated carbocycles. The smallest absolute Gasteiger partial charge is 0.238 e. The molecule has 23 heavy (non-hydrogen) atoms. The molecule has 1 N–H and O–H groups in total. The molecular formula is C19H23N3O. The Labute approximate surface area is 137 Å². The number of hydrogen-bond acceptors (Lipinski definition) is 3. The van der Waals surface area contributed by atoms with E-state index in [0.29, 0.717) is 6.54 Å². The first-order chi connectivity index (χ1) is 11.2. The van der Waals surface area contributed by atoms with E-state index in [1.807, 2.05) is 37.3 Å². The number of hydrogen-bond donors (Lipinski definition) is 1. The highest BCUT2D eigenvalue weighted by molar-refractivity contribution is 5.92.